The zero-order chi connectivity index (χ0) is 12.1. The number of benzene rings is 1. The SMILES string of the molecule is NNc1cc(OCc2ccc(Br)cc2)ncn1. The first-order chi connectivity index (χ1) is 8.28. The summed E-state index contributed by atoms with van der Waals surface area (Å²) in [5, 5.41) is 0. The second-order valence-electron chi connectivity index (χ2n) is 3.30. The largest absolute Gasteiger partial charge is 0.473 e. The van der Waals surface area contributed by atoms with E-state index in [9.17, 15) is 0 Å². The first-order valence-electron chi connectivity index (χ1n) is 4.94. The number of hydrogen-bond acceptors (Lipinski definition) is 5. The van der Waals surface area contributed by atoms with Crippen LogP contribution in [0.1, 0.15) is 5.56 Å². The number of hydrazine groups is 1. The number of halogens is 1. The van der Waals surface area contributed by atoms with E-state index in [0.717, 1.165) is 10.0 Å². The Labute approximate surface area is 107 Å². The van der Waals surface area contributed by atoms with E-state index in [1.54, 1.807) is 6.07 Å². The van der Waals surface area contributed by atoms with Crippen molar-refractivity contribution in [1.82, 2.24) is 9.97 Å². The van der Waals surface area contributed by atoms with Crippen LogP contribution >= 0.6 is 15.9 Å². The van der Waals surface area contributed by atoms with Gasteiger partial charge in [-0.2, -0.15) is 0 Å². The first kappa shape index (κ1) is 11.8. The molecule has 88 valence electrons. The van der Waals surface area contributed by atoms with Crippen molar-refractivity contribution >= 4 is 21.7 Å². The highest BCUT2D eigenvalue weighted by atomic mass is 79.9. The molecule has 0 fully saturated rings. The van der Waals surface area contributed by atoms with Gasteiger partial charge < -0.3 is 10.2 Å². The zero-order valence-corrected chi connectivity index (χ0v) is 10.5. The van der Waals surface area contributed by atoms with Gasteiger partial charge in [0.15, 0.2) is 0 Å². The Morgan fingerprint density at radius 1 is 1.24 bits per heavy atom. The van der Waals surface area contributed by atoms with Gasteiger partial charge in [-0.05, 0) is 17.7 Å². The minimum Gasteiger partial charge on any atom is -0.473 e. The van der Waals surface area contributed by atoms with E-state index in [2.05, 4.69) is 31.3 Å². The Morgan fingerprint density at radius 2 is 2.00 bits per heavy atom. The van der Waals surface area contributed by atoms with E-state index in [1.807, 2.05) is 24.3 Å². The molecule has 2 aromatic rings. The predicted molar refractivity (Wildman–Crippen MR) is 68.3 cm³/mol. The highest BCUT2D eigenvalue weighted by Gasteiger charge is 1.99. The van der Waals surface area contributed by atoms with Crippen molar-refractivity contribution < 1.29 is 4.74 Å². The van der Waals surface area contributed by atoms with Crippen molar-refractivity contribution in [2.45, 2.75) is 6.61 Å². The van der Waals surface area contributed by atoms with Gasteiger partial charge in [-0.25, -0.2) is 15.8 Å². The second kappa shape index (κ2) is 5.60. The lowest BCUT2D eigenvalue weighted by Gasteiger charge is -2.06. The standard InChI is InChI=1S/C11H11BrN4O/c12-9-3-1-8(2-4-9)6-17-11-5-10(16-13)14-7-15-11/h1-5,7H,6,13H2,(H,14,15,16). The van der Waals surface area contributed by atoms with E-state index in [-0.39, 0.29) is 0 Å². The van der Waals surface area contributed by atoms with Crippen LogP contribution in [0.4, 0.5) is 5.82 Å². The molecule has 0 atom stereocenters. The third kappa shape index (κ3) is 3.40. The predicted octanol–water partition coefficient (Wildman–Crippen LogP) is 2.10. The van der Waals surface area contributed by atoms with Crippen LogP contribution in [-0.4, -0.2) is 9.97 Å². The Morgan fingerprint density at radius 3 is 2.71 bits per heavy atom. The van der Waals surface area contributed by atoms with Crippen LogP contribution in [0, 0.1) is 0 Å². The summed E-state index contributed by atoms with van der Waals surface area (Å²) >= 11 is 3.38. The zero-order valence-electron chi connectivity index (χ0n) is 8.93. The lowest BCUT2D eigenvalue weighted by Crippen LogP contribution is -2.09. The van der Waals surface area contributed by atoms with E-state index in [1.165, 1.54) is 6.33 Å². The normalized spacial score (nSPS) is 10.0. The molecule has 5 nitrogen and oxygen atoms in total. The molecule has 3 N–H and O–H groups in total. The van der Waals surface area contributed by atoms with Crippen LogP contribution in [0.3, 0.4) is 0 Å². The van der Waals surface area contributed by atoms with Crippen molar-refractivity contribution in [2.75, 3.05) is 5.43 Å². The van der Waals surface area contributed by atoms with Gasteiger partial charge in [0, 0.05) is 10.5 Å². The van der Waals surface area contributed by atoms with Crippen molar-refractivity contribution in [3.8, 4) is 5.88 Å². The van der Waals surface area contributed by atoms with Crippen molar-refractivity contribution in [2.24, 2.45) is 5.84 Å². The Balaban J connectivity index is 1.99. The summed E-state index contributed by atoms with van der Waals surface area (Å²) < 4.78 is 6.55. The van der Waals surface area contributed by atoms with Crippen LogP contribution in [0.25, 0.3) is 0 Å². The first-order valence-corrected chi connectivity index (χ1v) is 5.73. The number of nitrogens with one attached hydrogen (secondary N) is 1. The summed E-state index contributed by atoms with van der Waals surface area (Å²) in [6, 6.07) is 9.52. The molecule has 0 saturated heterocycles. The Bertz CT molecular complexity index is 489. The monoisotopic (exact) mass is 294 g/mol. The molecule has 17 heavy (non-hydrogen) atoms. The molecular weight excluding hydrogens is 284 g/mol. The molecule has 6 heteroatoms. The van der Waals surface area contributed by atoms with Crippen LogP contribution in [0.15, 0.2) is 41.1 Å². The van der Waals surface area contributed by atoms with Crippen LogP contribution in [0.5, 0.6) is 5.88 Å². The van der Waals surface area contributed by atoms with Crippen molar-refractivity contribution in [3.63, 3.8) is 0 Å². The van der Waals surface area contributed by atoms with Gasteiger partial charge in [-0.15, -0.1) is 0 Å². The fourth-order valence-corrected chi connectivity index (χ4v) is 1.50. The van der Waals surface area contributed by atoms with Gasteiger partial charge in [0.1, 0.15) is 18.8 Å². The number of nitrogens with two attached hydrogens (primary N) is 1. The molecule has 0 bridgehead atoms. The van der Waals surface area contributed by atoms with Crippen molar-refractivity contribution in [1.29, 1.82) is 0 Å². The number of ether oxygens (including phenoxy) is 1. The molecule has 2 rings (SSSR count). The average Bonchev–Trinajstić information content (AvgIpc) is 2.38. The summed E-state index contributed by atoms with van der Waals surface area (Å²) in [5.41, 5.74) is 3.50. The third-order valence-electron chi connectivity index (χ3n) is 2.09. The molecule has 1 aromatic carbocycles. The molecule has 0 amide bonds. The molecule has 0 saturated carbocycles. The lowest BCUT2D eigenvalue weighted by atomic mass is 10.2. The van der Waals surface area contributed by atoms with Crippen LogP contribution in [-0.2, 0) is 6.61 Å². The van der Waals surface area contributed by atoms with Gasteiger partial charge in [0.2, 0.25) is 5.88 Å². The second-order valence-corrected chi connectivity index (χ2v) is 4.22. The highest BCUT2D eigenvalue weighted by Crippen LogP contribution is 2.14. The van der Waals surface area contributed by atoms with Crippen molar-refractivity contribution in [3.05, 3.63) is 46.7 Å². The van der Waals surface area contributed by atoms with Gasteiger partial charge in [-0.3, -0.25) is 0 Å². The van der Waals surface area contributed by atoms with Crippen LogP contribution < -0.4 is 16.0 Å². The van der Waals surface area contributed by atoms with Crippen LogP contribution in [0.2, 0.25) is 0 Å². The molecule has 0 unspecified atom stereocenters. The number of aromatic nitrogens is 2. The number of nitrogen functional groups attached to an aromatic ring is 1. The van der Waals surface area contributed by atoms with E-state index in [4.69, 9.17) is 10.6 Å². The minimum absolute atomic E-state index is 0.453. The molecule has 0 spiro atoms. The van der Waals surface area contributed by atoms with E-state index >= 15 is 0 Å². The topological polar surface area (TPSA) is 73.1 Å². The quantitative estimate of drug-likeness (QED) is 0.667. The number of hydrogen-bond donors (Lipinski definition) is 2. The van der Waals surface area contributed by atoms with Gasteiger partial charge in [-0.1, -0.05) is 28.1 Å². The maximum Gasteiger partial charge on any atom is 0.218 e. The van der Waals surface area contributed by atoms with Gasteiger partial charge in [0.25, 0.3) is 0 Å². The fraction of sp³-hybridized carbons (Fsp3) is 0.0909. The summed E-state index contributed by atoms with van der Waals surface area (Å²) in [6.45, 7) is 0.453. The Hall–Kier alpha value is -1.66. The molecular formula is C11H11BrN4O. The lowest BCUT2D eigenvalue weighted by molar-refractivity contribution is 0.293. The maximum atomic E-state index is 5.51. The summed E-state index contributed by atoms with van der Waals surface area (Å²) in [5.74, 6) is 6.24. The maximum absolute atomic E-state index is 5.51. The summed E-state index contributed by atoms with van der Waals surface area (Å²) in [4.78, 5) is 7.87. The Kier molecular flexibility index (Phi) is 3.89. The minimum atomic E-state index is 0.453. The van der Waals surface area contributed by atoms with E-state index in [0.29, 0.717) is 18.3 Å². The fourth-order valence-electron chi connectivity index (χ4n) is 1.24. The average molecular weight is 295 g/mol. The highest BCUT2D eigenvalue weighted by molar-refractivity contribution is 9.10. The number of rotatable bonds is 4. The molecule has 0 aliphatic carbocycles. The molecule has 0 aliphatic rings. The molecule has 1 heterocycles. The third-order valence-corrected chi connectivity index (χ3v) is 2.62. The van der Waals surface area contributed by atoms with Gasteiger partial charge >= 0.3 is 0 Å². The van der Waals surface area contributed by atoms with E-state index < -0.39 is 0 Å². The van der Waals surface area contributed by atoms with Gasteiger partial charge in [0.05, 0.1) is 0 Å². The summed E-state index contributed by atoms with van der Waals surface area (Å²) in [6.07, 6.45) is 1.39. The molecule has 0 radical (unpaired) electrons. The summed E-state index contributed by atoms with van der Waals surface area (Å²) in [7, 11) is 0. The molecule has 1 aromatic heterocycles. The smallest absolute Gasteiger partial charge is 0.218 e. The molecule has 0 aliphatic heterocycles. The number of nitrogens with zero attached hydrogens (tertiary/aromatic N) is 2. The number of anilines is 1.